The molecule has 5 nitrogen and oxygen atoms in total. The van der Waals surface area contributed by atoms with Gasteiger partial charge in [0, 0.05) is 17.3 Å². The summed E-state index contributed by atoms with van der Waals surface area (Å²) in [5.41, 5.74) is 0.700. The molecule has 0 saturated heterocycles. The molecule has 0 fully saturated rings. The molecule has 0 radical (unpaired) electrons. The molecule has 0 bridgehead atoms. The van der Waals surface area contributed by atoms with Crippen LogP contribution < -0.4 is 5.32 Å². The van der Waals surface area contributed by atoms with Crippen LogP contribution >= 0.6 is 0 Å². The summed E-state index contributed by atoms with van der Waals surface area (Å²) >= 11 is 0. The first-order valence-corrected chi connectivity index (χ1v) is 7.63. The highest BCUT2D eigenvalue weighted by Crippen LogP contribution is 2.31. The van der Waals surface area contributed by atoms with Crippen molar-refractivity contribution in [2.75, 3.05) is 0 Å². The zero-order chi connectivity index (χ0) is 18.5. The van der Waals surface area contributed by atoms with Crippen molar-refractivity contribution in [1.29, 1.82) is 0 Å². The van der Waals surface area contributed by atoms with Gasteiger partial charge in [0.05, 0.1) is 5.54 Å². The number of phenolic OH excluding ortho intramolecular Hbond substituents is 1. The number of rotatable bonds is 5. The van der Waals surface area contributed by atoms with Gasteiger partial charge >= 0.3 is 6.09 Å². The third-order valence-corrected chi connectivity index (χ3v) is 3.29. The Bertz CT molecular complexity index is 668. The second-order valence-corrected chi connectivity index (χ2v) is 6.95. The highest BCUT2D eigenvalue weighted by Gasteiger charge is 2.27. The third-order valence-electron chi connectivity index (χ3n) is 3.29. The van der Waals surface area contributed by atoms with Crippen LogP contribution in [0.5, 0.6) is 5.75 Å². The Morgan fingerprint density at radius 2 is 1.92 bits per heavy atom. The second kappa shape index (κ2) is 7.34. The van der Waals surface area contributed by atoms with Gasteiger partial charge in [0.15, 0.2) is 0 Å². The molecule has 5 heteroatoms. The van der Waals surface area contributed by atoms with Crippen LogP contribution in [0.25, 0.3) is 5.57 Å². The number of carbonyl (C=O) groups is 1. The van der Waals surface area contributed by atoms with Gasteiger partial charge < -0.3 is 15.2 Å². The van der Waals surface area contributed by atoms with Gasteiger partial charge in [-0.1, -0.05) is 24.8 Å². The standard InChI is InChI=1S/C19H26N2O3/c1-8-13(12-20-7)15-10-9-14(11-16(15)22)19(5,6)21-17(23)24-18(2,3)4/h8-12,22H,1,7H2,2-6H3,(H,21,23)/b13-12+. The first-order valence-electron chi connectivity index (χ1n) is 7.63. The van der Waals surface area contributed by atoms with E-state index in [1.807, 2.05) is 19.9 Å². The fraction of sp³-hybridized carbons (Fsp3) is 0.368. The van der Waals surface area contributed by atoms with E-state index in [9.17, 15) is 9.90 Å². The molecule has 130 valence electrons. The molecular weight excluding hydrogens is 304 g/mol. The lowest BCUT2D eigenvalue weighted by molar-refractivity contribution is 0.0470. The van der Waals surface area contributed by atoms with Crippen LogP contribution in [0.4, 0.5) is 4.79 Å². The van der Waals surface area contributed by atoms with Crippen molar-refractivity contribution >= 4 is 18.4 Å². The fourth-order valence-electron chi connectivity index (χ4n) is 2.13. The molecule has 0 aliphatic carbocycles. The largest absolute Gasteiger partial charge is 0.507 e. The first-order chi connectivity index (χ1) is 11.0. The molecule has 0 heterocycles. The number of phenols is 1. The zero-order valence-electron chi connectivity index (χ0n) is 15.0. The van der Waals surface area contributed by atoms with Gasteiger partial charge in [-0.2, -0.15) is 0 Å². The summed E-state index contributed by atoms with van der Waals surface area (Å²) in [4.78, 5) is 15.7. The van der Waals surface area contributed by atoms with Gasteiger partial charge in [0.25, 0.3) is 0 Å². The van der Waals surface area contributed by atoms with Crippen LogP contribution in [-0.4, -0.2) is 23.5 Å². The van der Waals surface area contributed by atoms with Crippen LogP contribution in [0.1, 0.15) is 45.7 Å². The lowest BCUT2D eigenvalue weighted by Gasteiger charge is -2.29. The van der Waals surface area contributed by atoms with E-state index in [0.717, 1.165) is 5.56 Å². The normalized spacial score (nSPS) is 12.5. The maximum absolute atomic E-state index is 12.0. The average molecular weight is 330 g/mol. The average Bonchev–Trinajstić information content (AvgIpc) is 2.42. The molecule has 1 aromatic rings. The minimum atomic E-state index is -0.715. The number of benzene rings is 1. The second-order valence-electron chi connectivity index (χ2n) is 6.95. The molecule has 1 amide bonds. The van der Waals surface area contributed by atoms with Crippen molar-refractivity contribution in [2.45, 2.75) is 45.8 Å². The van der Waals surface area contributed by atoms with Gasteiger partial charge in [-0.15, -0.1) is 0 Å². The van der Waals surface area contributed by atoms with E-state index in [4.69, 9.17) is 4.74 Å². The van der Waals surface area contributed by atoms with Gasteiger partial charge in [0.1, 0.15) is 11.4 Å². The SMILES string of the molecule is C=C/C(=C\N=C)c1ccc(C(C)(C)NC(=O)OC(C)(C)C)cc1O. The number of nitrogens with zero attached hydrogens (tertiary/aromatic N) is 1. The maximum Gasteiger partial charge on any atom is 0.408 e. The van der Waals surface area contributed by atoms with Crippen molar-refractivity contribution < 1.29 is 14.6 Å². The van der Waals surface area contributed by atoms with Gasteiger partial charge in [-0.3, -0.25) is 4.99 Å². The third kappa shape index (κ3) is 5.26. The predicted molar refractivity (Wildman–Crippen MR) is 98.2 cm³/mol. The molecule has 24 heavy (non-hydrogen) atoms. The summed E-state index contributed by atoms with van der Waals surface area (Å²) in [6, 6.07) is 5.18. The molecule has 2 N–H and O–H groups in total. The van der Waals surface area contributed by atoms with Crippen LogP contribution in [0.2, 0.25) is 0 Å². The Hall–Kier alpha value is -2.56. The molecule has 1 rings (SSSR count). The highest BCUT2D eigenvalue weighted by atomic mass is 16.6. The van der Waals surface area contributed by atoms with E-state index >= 15 is 0 Å². The van der Waals surface area contributed by atoms with Crippen molar-refractivity contribution in [2.24, 2.45) is 4.99 Å². The highest BCUT2D eigenvalue weighted by molar-refractivity contribution is 5.77. The van der Waals surface area contributed by atoms with E-state index in [-0.39, 0.29) is 5.75 Å². The van der Waals surface area contributed by atoms with Gasteiger partial charge in [-0.25, -0.2) is 4.79 Å². The number of aromatic hydroxyl groups is 1. The lowest BCUT2D eigenvalue weighted by Crippen LogP contribution is -2.43. The van der Waals surface area contributed by atoms with Crippen molar-refractivity contribution in [3.63, 3.8) is 0 Å². The molecular formula is C19H26N2O3. The Labute approximate surface area is 143 Å². The molecule has 1 aromatic carbocycles. The number of allylic oxidation sites excluding steroid dienone is 2. The first kappa shape index (κ1) is 19.5. The number of ether oxygens (including phenoxy) is 1. The van der Waals surface area contributed by atoms with Crippen LogP contribution in [0.3, 0.4) is 0 Å². The molecule has 0 aliphatic rings. The number of hydrogen-bond donors (Lipinski definition) is 2. The smallest absolute Gasteiger partial charge is 0.408 e. The number of hydrogen-bond acceptors (Lipinski definition) is 4. The summed E-state index contributed by atoms with van der Waals surface area (Å²) in [6.07, 6.45) is 2.60. The molecule has 0 unspecified atom stereocenters. The number of carbonyl (C=O) groups excluding carboxylic acids is 1. The van der Waals surface area contributed by atoms with Crippen LogP contribution in [-0.2, 0) is 10.3 Å². The predicted octanol–water partition coefficient (Wildman–Crippen LogP) is 4.38. The minimum Gasteiger partial charge on any atom is -0.507 e. The topological polar surface area (TPSA) is 70.9 Å². The fourth-order valence-corrected chi connectivity index (χ4v) is 2.13. The summed E-state index contributed by atoms with van der Waals surface area (Å²) in [7, 11) is 0. The molecule has 0 saturated carbocycles. The van der Waals surface area contributed by atoms with E-state index < -0.39 is 17.2 Å². The molecule has 0 atom stereocenters. The quantitative estimate of drug-likeness (QED) is 0.622. The van der Waals surface area contributed by atoms with Crippen LogP contribution in [0, 0.1) is 0 Å². The Balaban J connectivity index is 3.07. The summed E-state index contributed by atoms with van der Waals surface area (Å²) in [5, 5.41) is 13.1. The monoisotopic (exact) mass is 330 g/mol. The van der Waals surface area contributed by atoms with Gasteiger partial charge in [0.2, 0.25) is 0 Å². The summed E-state index contributed by atoms with van der Waals surface area (Å²) in [6.45, 7) is 16.2. The van der Waals surface area contributed by atoms with Crippen LogP contribution in [0.15, 0.2) is 42.0 Å². The summed E-state index contributed by atoms with van der Waals surface area (Å²) in [5.74, 6) is 0.0707. The van der Waals surface area contributed by atoms with E-state index in [0.29, 0.717) is 11.1 Å². The van der Waals surface area contributed by atoms with Crippen molar-refractivity contribution in [3.05, 3.63) is 48.2 Å². The number of amides is 1. The van der Waals surface area contributed by atoms with Crippen molar-refractivity contribution in [1.82, 2.24) is 5.32 Å². The molecule has 0 spiro atoms. The maximum atomic E-state index is 12.0. The van der Waals surface area contributed by atoms with Gasteiger partial charge in [-0.05, 0) is 53.0 Å². The number of alkyl carbamates (subject to hydrolysis) is 1. The van der Waals surface area contributed by atoms with E-state index in [1.54, 1.807) is 39.0 Å². The number of aliphatic imine (C=N–C) groups is 1. The molecule has 0 aliphatic heterocycles. The Morgan fingerprint density at radius 1 is 1.29 bits per heavy atom. The number of nitrogens with one attached hydrogen (secondary N) is 1. The molecule has 0 aromatic heterocycles. The Morgan fingerprint density at radius 3 is 2.38 bits per heavy atom. The van der Waals surface area contributed by atoms with E-state index in [2.05, 4.69) is 23.6 Å². The lowest BCUT2D eigenvalue weighted by atomic mass is 9.92. The minimum absolute atomic E-state index is 0.0707. The zero-order valence-corrected chi connectivity index (χ0v) is 15.0. The van der Waals surface area contributed by atoms with Crippen molar-refractivity contribution in [3.8, 4) is 5.75 Å². The van der Waals surface area contributed by atoms with E-state index in [1.165, 1.54) is 6.20 Å². The summed E-state index contributed by atoms with van der Waals surface area (Å²) < 4.78 is 5.28. The Kier molecular flexibility index (Phi) is 5.96.